The molecule has 204 valence electrons. The van der Waals surface area contributed by atoms with Crippen LogP contribution in [0.4, 0.5) is 0 Å². The number of hydrogen-bond acceptors (Lipinski definition) is 6. The summed E-state index contributed by atoms with van der Waals surface area (Å²) in [6.07, 6.45) is 2.39. The first-order valence-electron chi connectivity index (χ1n) is 13.3. The Bertz CT molecular complexity index is 1500. The number of carbonyl (C=O) groups excluding carboxylic acids is 2. The summed E-state index contributed by atoms with van der Waals surface area (Å²) in [6.45, 7) is 5.13. The zero-order chi connectivity index (χ0) is 28.1. The lowest BCUT2D eigenvalue weighted by Crippen LogP contribution is -2.29. The van der Waals surface area contributed by atoms with E-state index in [9.17, 15) is 14.7 Å². The molecular formula is C33H31NO6. The molecule has 1 atom stereocenters. The van der Waals surface area contributed by atoms with Crippen LogP contribution in [-0.4, -0.2) is 28.3 Å². The second-order valence-electron chi connectivity index (χ2n) is 9.73. The molecule has 7 heteroatoms. The molecule has 1 aliphatic rings. The molecule has 0 saturated carbocycles. The molecule has 5 rings (SSSR count). The Kier molecular flexibility index (Phi) is 8.01. The van der Waals surface area contributed by atoms with Crippen molar-refractivity contribution in [2.24, 2.45) is 0 Å². The van der Waals surface area contributed by atoms with Crippen LogP contribution in [0.2, 0.25) is 0 Å². The van der Waals surface area contributed by atoms with Gasteiger partial charge in [0.25, 0.3) is 11.7 Å². The van der Waals surface area contributed by atoms with Crippen molar-refractivity contribution in [3.63, 3.8) is 0 Å². The fraction of sp³-hybridized carbons (Fsp3) is 0.212. The predicted octanol–water partition coefficient (Wildman–Crippen LogP) is 6.58. The number of hydrogen-bond donors (Lipinski definition) is 1. The van der Waals surface area contributed by atoms with Gasteiger partial charge in [-0.2, -0.15) is 0 Å². The van der Waals surface area contributed by atoms with Crippen LogP contribution in [0, 0.1) is 6.92 Å². The SMILES string of the molecule is CCCOc1ccc(C2C(=C(O)c3ccc(OCc4cccc(C)c4)cc3)C(=O)C(=O)N2Cc2ccco2)cc1. The van der Waals surface area contributed by atoms with E-state index in [0.717, 1.165) is 17.5 Å². The number of carbonyl (C=O) groups is 2. The largest absolute Gasteiger partial charge is 0.507 e. The second kappa shape index (κ2) is 11.9. The number of Topliss-reactive ketones (excluding diaryl/α,β-unsaturated/α-hetero) is 1. The first kappa shape index (κ1) is 26.8. The Hall–Kier alpha value is -4.78. The average Bonchev–Trinajstić information content (AvgIpc) is 3.58. The van der Waals surface area contributed by atoms with Gasteiger partial charge in [0.1, 0.15) is 29.6 Å². The highest BCUT2D eigenvalue weighted by Gasteiger charge is 2.46. The Morgan fingerprint density at radius 2 is 1.65 bits per heavy atom. The third kappa shape index (κ3) is 5.78. The second-order valence-corrected chi connectivity index (χ2v) is 9.73. The van der Waals surface area contributed by atoms with Crippen molar-refractivity contribution in [3.8, 4) is 11.5 Å². The minimum atomic E-state index is -0.803. The monoisotopic (exact) mass is 537 g/mol. The van der Waals surface area contributed by atoms with Crippen LogP contribution in [0.15, 0.2) is 101 Å². The zero-order valence-electron chi connectivity index (χ0n) is 22.5. The number of nitrogens with zero attached hydrogens (tertiary/aromatic N) is 1. The standard InChI is InChI=1S/C33H31NO6/c1-3-17-38-26-13-9-24(10-14-26)30-29(32(36)33(37)34(30)20-28-8-5-18-39-28)31(35)25-11-15-27(16-12-25)40-21-23-7-4-6-22(2)19-23/h4-16,18-19,30,35H,3,17,20-21H2,1-2H3. The Morgan fingerprint density at radius 3 is 2.33 bits per heavy atom. The summed E-state index contributed by atoms with van der Waals surface area (Å²) in [6, 6.07) is 24.8. The van der Waals surface area contributed by atoms with Gasteiger partial charge in [0.15, 0.2) is 0 Å². The van der Waals surface area contributed by atoms with Gasteiger partial charge < -0.3 is 23.9 Å². The maximum Gasteiger partial charge on any atom is 0.296 e. The highest BCUT2D eigenvalue weighted by molar-refractivity contribution is 6.46. The molecule has 1 saturated heterocycles. The van der Waals surface area contributed by atoms with Crippen molar-refractivity contribution in [3.05, 3.63) is 125 Å². The molecule has 0 radical (unpaired) electrons. The summed E-state index contributed by atoms with van der Waals surface area (Å²) >= 11 is 0. The van der Waals surface area contributed by atoms with E-state index in [0.29, 0.717) is 41.6 Å². The fourth-order valence-electron chi connectivity index (χ4n) is 4.76. The van der Waals surface area contributed by atoms with E-state index in [1.54, 1.807) is 48.5 Å². The van der Waals surface area contributed by atoms with Crippen LogP contribution in [-0.2, 0) is 22.7 Å². The maximum absolute atomic E-state index is 13.3. The van der Waals surface area contributed by atoms with Crippen LogP contribution in [0.25, 0.3) is 5.76 Å². The van der Waals surface area contributed by atoms with Crippen LogP contribution < -0.4 is 9.47 Å². The molecule has 3 aromatic carbocycles. The van der Waals surface area contributed by atoms with E-state index in [1.165, 1.54) is 11.2 Å². The molecule has 4 aromatic rings. The topological polar surface area (TPSA) is 89.2 Å². The lowest BCUT2D eigenvalue weighted by Gasteiger charge is -2.24. The molecule has 40 heavy (non-hydrogen) atoms. The lowest BCUT2D eigenvalue weighted by atomic mass is 9.95. The lowest BCUT2D eigenvalue weighted by molar-refractivity contribution is -0.140. The van der Waals surface area contributed by atoms with Gasteiger partial charge in [0.05, 0.1) is 31.0 Å². The molecule has 0 spiro atoms. The summed E-state index contributed by atoms with van der Waals surface area (Å²) in [5, 5.41) is 11.4. The fourth-order valence-corrected chi connectivity index (χ4v) is 4.76. The highest BCUT2D eigenvalue weighted by atomic mass is 16.5. The van der Waals surface area contributed by atoms with Crippen molar-refractivity contribution in [2.75, 3.05) is 6.61 Å². The van der Waals surface area contributed by atoms with Crippen molar-refractivity contribution in [2.45, 2.75) is 39.5 Å². The molecule has 1 amide bonds. The molecule has 2 heterocycles. The highest BCUT2D eigenvalue weighted by Crippen LogP contribution is 2.41. The van der Waals surface area contributed by atoms with Crippen molar-refractivity contribution >= 4 is 17.4 Å². The number of likely N-dealkylation sites (tertiary alicyclic amines) is 1. The van der Waals surface area contributed by atoms with Crippen LogP contribution in [0.5, 0.6) is 11.5 Å². The minimum absolute atomic E-state index is 0.0206. The molecule has 1 aliphatic heterocycles. The van der Waals surface area contributed by atoms with E-state index >= 15 is 0 Å². The number of benzene rings is 3. The summed E-state index contributed by atoms with van der Waals surface area (Å²) in [5.74, 6) is 0.143. The summed E-state index contributed by atoms with van der Waals surface area (Å²) in [4.78, 5) is 28.0. The Labute approximate surface area is 233 Å². The van der Waals surface area contributed by atoms with Crippen LogP contribution in [0.3, 0.4) is 0 Å². The normalized spacial score (nSPS) is 16.4. The van der Waals surface area contributed by atoms with E-state index < -0.39 is 17.7 Å². The number of rotatable bonds is 10. The van der Waals surface area contributed by atoms with Gasteiger partial charge >= 0.3 is 0 Å². The summed E-state index contributed by atoms with van der Waals surface area (Å²) < 4.78 is 17.1. The number of aryl methyl sites for hydroxylation is 1. The molecule has 1 aromatic heterocycles. The number of ether oxygens (including phenoxy) is 2. The molecule has 1 unspecified atom stereocenters. The number of aliphatic hydroxyl groups is 1. The quantitative estimate of drug-likeness (QED) is 0.140. The summed E-state index contributed by atoms with van der Waals surface area (Å²) in [5.41, 5.74) is 3.31. The summed E-state index contributed by atoms with van der Waals surface area (Å²) in [7, 11) is 0. The predicted molar refractivity (Wildman–Crippen MR) is 151 cm³/mol. The van der Waals surface area contributed by atoms with Gasteiger partial charge in [-0.1, -0.05) is 48.9 Å². The molecular weight excluding hydrogens is 506 g/mol. The Balaban J connectivity index is 1.45. The average molecular weight is 538 g/mol. The van der Waals surface area contributed by atoms with Crippen LogP contribution in [0.1, 0.15) is 47.4 Å². The maximum atomic E-state index is 13.3. The number of furan rings is 1. The van der Waals surface area contributed by atoms with E-state index in [-0.39, 0.29) is 17.9 Å². The van der Waals surface area contributed by atoms with Crippen molar-refractivity contribution in [1.29, 1.82) is 0 Å². The van der Waals surface area contributed by atoms with Crippen molar-refractivity contribution in [1.82, 2.24) is 4.90 Å². The molecule has 1 fully saturated rings. The van der Waals surface area contributed by atoms with Gasteiger partial charge in [-0.05, 0) is 73.0 Å². The minimum Gasteiger partial charge on any atom is -0.507 e. The third-order valence-corrected chi connectivity index (χ3v) is 6.73. The number of ketones is 1. The molecule has 1 N–H and O–H groups in total. The van der Waals surface area contributed by atoms with E-state index in [2.05, 4.69) is 6.07 Å². The van der Waals surface area contributed by atoms with Gasteiger partial charge in [0.2, 0.25) is 0 Å². The molecule has 0 aliphatic carbocycles. The number of amides is 1. The van der Waals surface area contributed by atoms with Gasteiger partial charge in [-0.15, -0.1) is 0 Å². The van der Waals surface area contributed by atoms with Gasteiger partial charge in [0, 0.05) is 5.56 Å². The van der Waals surface area contributed by atoms with E-state index in [4.69, 9.17) is 13.9 Å². The van der Waals surface area contributed by atoms with Gasteiger partial charge in [-0.3, -0.25) is 9.59 Å². The van der Waals surface area contributed by atoms with Crippen molar-refractivity contribution < 1.29 is 28.6 Å². The van der Waals surface area contributed by atoms with E-state index in [1.807, 2.05) is 44.2 Å². The van der Waals surface area contributed by atoms with Gasteiger partial charge in [-0.25, -0.2) is 0 Å². The molecule has 0 bridgehead atoms. The zero-order valence-corrected chi connectivity index (χ0v) is 22.5. The number of aliphatic hydroxyl groups excluding tert-OH is 1. The first-order valence-corrected chi connectivity index (χ1v) is 13.3. The Morgan fingerprint density at radius 1 is 0.925 bits per heavy atom. The first-order chi connectivity index (χ1) is 19.4. The van der Waals surface area contributed by atoms with Crippen LogP contribution >= 0.6 is 0 Å². The molecule has 7 nitrogen and oxygen atoms in total. The third-order valence-electron chi connectivity index (χ3n) is 6.73. The smallest absolute Gasteiger partial charge is 0.296 e.